The van der Waals surface area contributed by atoms with E-state index in [0.717, 1.165) is 12.8 Å². The number of carbonyl (C=O) groups is 1. The summed E-state index contributed by atoms with van der Waals surface area (Å²) < 4.78 is 11.5. The summed E-state index contributed by atoms with van der Waals surface area (Å²) in [6.07, 6.45) is 3.54. The maximum absolute atomic E-state index is 13.0. The van der Waals surface area contributed by atoms with E-state index in [4.69, 9.17) is 9.47 Å². The second-order valence-corrected chi connectivity index (χ2v) is 7.07. The lowest BCUT2D eigenvalue weighted by Gasteiger charge is -2.38. The van der Waals surface area contributed by atoms with Gasteiger partial charge in [0.25, 0.3) is 5.91 Å². The Hall–Kier alpha value is -2.06. The first-order valence-electron chi connectivity index (χ1n) is 9.06. The highest BCUT2D eigenvalue weighted by Gasteiger charge is 2.42. The van der Waals surface area contributed by atoms with Crippen LogP contribution < -0.4 is 10.1 Å². The van der Waals surface area contributed by atoms with Crippen LogP contribution >= 0.6 is 0 Å². The molecule has 136 valence electrons. The van der Waals surface area contributed by atoms with Gasteiger partial charge in [0, 0.05) is 12.7 Å². The Morgan fingerprint density at radius 2 is 2.24 bits per heavy atom. The summed E-state index contributed by atoms with van der Waals surface area (Å²) in [5.74, 6) is 0.911. The number of nitriles is 1. The van der Waals surface area contributed by atoms with E-state index in [1.807, 2.05) is 20.8 Å². The van der Waals surface area contributed by atoms with Crippen molar-refractivity contribution < 1.29 is 14.3 Å². The van der Waals surface area contributed by atoms with Crippen LogP contribution in [0.4, 0.5) is 5.69 Å². The number of amides is 1. The third-order valence-electron chi connectivity index (χ3n) is 4.52. The van der Waals surface area contributed by atoms with Gasteiger partial charge < -0.3 is 14.8 Å². The van der Waals surface area contributed by atoms with Gasteiger partial charge in [0.15, 0.2) is 0 Å². The van der Waals surface area contributed by atoms with Gasteiger partial charge in [-0.2, -0.15) is 5.26 Å². The lowest BCUT2D eigenvalue weighted by molar-refractivity contribution is -0.147. The molecule has 1 aliphatic rings. The Kier molecular flexibility index (Phi) is 6.44. The van der Waals surface area contributed by atoms with Gasteiger partial charge in [-0.15, -0.1) is 0 Å². The SMILES string of the molecule is CCO[C@]1(C(=O)Nc2ccc(OC(C)C)cc2C#N)CCC[C@H](C)C1. The number of nitrogens with one attached hydrogen (secondary N) is 1. The third-order valence-corrected chi connectivity index (χ3v) is 4.52. The second-order valence-electron chi connectivity index (χ2n) is 7.07. The predicted octanol–water partition coefficient (Wildman–Crippen LogP) is 4.27. The van der Waals surface area contributed by atoms with E-state index in [-0.39, 0.29) is 12.0 Å². The second kappa shape index (κ2) is 8.35. The van der Waals surface area contributed by atoms with E-state index in [9.17, 15) is 10.1 Å². The van der Waals surface area contributed by atoms with Crippen molar-refractivity contribution in [3.63, 3.8) is 0 Å². The molecule has 0 bridgehead atoms. The van der Waals surface area contributed by atoms with Crippen molar-refractivity contribution in [1.82, 2.24) is 0 Å². The summed E-state index contributed by atoms with van der Waals surface area (Å²) in [5.41, 5.74) is 0.0922. The van der Waals surface area contributed by atoms with Crippen molar-refractivity contribution in [2.75, 3.05) is 11.9 Å². The predicted molar refractivity (Wildman–Crippen MR) is 97.5 cm³/mol. The topological polar surface area (TPSA) is 71.3 Å². The monoisotopic (exact) mass is 344 g/mol. The quantitative estimate of drug-likeness (QED) is 0.836. The molecular weight excluding hydrogens is 316 g/mol. The molecule has 2 atom stereocenters. The van der Waals surface area contributed by atoms with Gasteiger partial charge in [-0.25, -0.2) is 0 Å². The Labute approximate surface area is 150 Å². The maximum Gasteiger partial charge on any atom is 0.256 e. The summed E-state index contributed by atoms with van der Waals surface area (Å²) in [7, 11) is 0. The molecule has 2 rings (SSSR count). The standard InChI is InChI=1S/C20H28N2O3/c1-5-24-20(10-6-7-15(4)12-20)19(23)22-18-9-8-17(25-14(2)3)11-16(18)13-21/h8-9,11,14-15H,5-7,10,12H2,1-4H3,(H,22,23)/t15-,20+/m0/s1. The minimum Gasteiger partial charge on any atom is -0.491 e. The largest absolute Gasteiger partial charge is 0.491 e. The highest BCUT2D eigenvalue weighted by Crippen LogP contribution is 2.36. The number of rotatable bonds is 6. The molecule has 1 fully saturated rings. The summed E-state index contributed by atoms with van der Waals surface area (Å²) in [6.45, 7) is 8.41. The molecule has 25 heavy (non-hydrogen) atoms. The highest BCUT2D eigenvalue weighted by molar-refractivity contribution is 5.98. The first kappa shape index (κ1) is 19.3. The molecule has 0 radical (unpaired) electrons. The highest BCUT2D eigenvalue weighted by atomic mass is 16.5. The number of ether oxygens (including phenoxy) is 2. The lowest BCUT2D eigenvalue weighted by atomic mass is 9.78. The van der Waals surface area contributed by atoms with Gasteiger partial charge in [-0.1, -0.05) is 13.3 Å². The zero-order chi connectivity index (χ0) is 18.4. The van der Waals surface area contributed by atoms with Crippen LogP contribution in [0.2, 0.25) is 0 Å². The van der Waals surface area contributed by atoms with Crippen LogP contribution in [0, 0.1) is 17.2 Å². The van der Waals surface area contributed by atoms with Crippen molar-refractivity contribution in [3.05, 3.63) is 23.8 Å². The van der Waals surface area contributed by atoms with Crippen LogP contribution in [-0.2, 0) is 9.53 Å². The zero-order valence-corrected chi connectivity index (χ0v) is 15.6. The summed E-state index contributed by atoms with van der Waals surface area (Å²) in [4.78, 5) is 13.0. The molecular formula is C20H28N2O3. The summed E-state index contributed by atoms with van der Waals surface area (Å²) in [5, 5.41) is 12.3. The van der Waals surface area contributed by atoms with E-state index in [0.29, 0.717) is 42.4 Å². The molecule has 0 saturated heterocycles. The molecule has 0 spiro atoms. The molecule has 0 aliphatic heterocycles. The van der Waals surface area contributed by atoms with Crippen LogP contribution in [0.5, 0.6) is 5.75 Å². The molecule has 5 nitrogen and oxygen atoms in total. The third kappa shape index (κ3) is 4.73. The van der Waals surface area contributed by atoms with E-state index in [1.165, 1.54) is 0 Å². The Morgan fingerprint density at radius 1 is 1.48 bits per heavy atom. The van der Waals surface area contributed by atoms with Crippen molar-refractivity contribution in [1.29, 1.82) is 5.26 Å². The van der Waals surface area contributed by atoms with Gasteiger partial charge in [0.2, 0.25) is 0 Å². The van der Waals surface area contributed by atoms with E-state index in [2.05, 4.69) is 18.3 Å². The molecule has 5 heteroatoms. The number of carbonyl (C=O) groups excluding carboxylic acids is 1. The molecule has 0 unspecified atom stereocenters. The fraction of sp³-hybridized carbons (Fsp3) is 0.600. The van der Waals surface area contributed by atoms with Gasteiger partial charge in [-0.3, -0.25) is 4.79 Å². The fourth-order valence-corrected chi connectivity index (χ4v) is 3.49. The average Bonchev–Trinajstić information content (AvgIpc) is 2.55. The van der Waals surface area contributed by atoms with Crippen LogP contribution in [0.3, 0.4) is 0 Å². The fourth-order valence-electron chi connectivity index (χ4n) is 3.49. The van der Waals surface area contributed by atoms with Gasteiger partial charge in [-0.05, 0) is 58.1 Å². The van der Waals surface area contributed by atoms with Crippen LogP contribution in [-0.4, -0.2) is 24.2 Å². The molecule has 1 aromatic carbocycles. The first-order valence-corrected chi connectivity index (χ1v) is 9.06. The smallest absolute Gasteiger partial charge is 0.256 e. The molecule has 1 amide bonds. The number of hydrogen-bond acceptors (Lipinski definition) is 4. The van der Waals surface area contributed by atoms with Crippen molar-refractivity contribution in [3.8, 4) is 11.8 Å². The summed E-state index contributed by atoms with van der Waals surface area (Å²) >= 11 is 0. The van der Waals surface area contributed by atoms with Crippen LogP contribution in [0.15, 0.2) is 18.2 Å². The molecule has 0 aromatic heterocycles. The average molecular weight is 344 g/mol. The molecule has 1 saturated carbocycles. The molecule has 1 N–H and O–H groups in total. The maximum atomic E-state index is 13.0. The molecule has 0 heterocycles. The minimum atomic E-state index is -0.799. The number of nitrogens with zero attached hydrogens (tertiary/aromatic N) is 1. The van der Waals surface area contributed by atoms with Gasteiger partial charge in [0.05, 0.1) is 17.4 Å². The first-order chi connectivity index (χ1) is 11.9. The Morgan fingerprint density at radius 3 is 2.84 bits per heavy atom. The molecule has 1 aliphatic carbocycles. The Balaban J connectivity index is 2.22. The van der Waals surface area contributed by atoms with Crippen molar-refractivity contribution in [2.45, 2.75) is 65.1 Å². The van der Waals surface area contributed by atoms with Crippen molar-refractivity contribution >= 4 is 11.6 Å². The van der Waals surface area contributed by atoms with Gasteiger partial charge in [0.1, 0.15) is 17.4 Å². The van der Waals surface area contributed by atoms with E-state index >= 15 is 0 Å². The number of anilines is 1. The van der Waals surface area contributed by atoms with E-state index in [1.54, 1.807) is 18.2 Å². The van der Waals surface area contributed by atoms with E-state index < -0.39 is 5.60 Å². The van der Waals surface area contributed by atoms with Crippen molar-refractivity contribution in [2.24, 2.45) is 5.92 Å². The lowest BCUT2D eigenvalue weighted by Crippen LogP contribution is -2.48. The Bertz CT molecular complexity index is 647. The zero-order valence-electron chi connectivity index (χ0n) is 15.6. The summed E-state index contributed by atoms with van der Waals surface area (Å²) in [6, 6.07) is 7.29. The normalized spacial score (nSPS) is 23.1. The minimum absolute atomic E-state index is 0.0249. The van der Waals surface area contributed by atoms with Gasteiger partial charge >= 0.3 is 0 Å². The number of benzene rings is 1. The van der Waals surface area contributed by atoms with Crippen LogP contribution in [0.25, 0.3) is 0 Å². The van der Waals surface area contributed by atoms with Crippen LogP contribution in [0.1, 0.15) is 58.9 Å². The molecule has 1 aromatic rings. The number of hydrogen-bond donors (Lipinski definition) is 1.